The molecule has 0 atom stereocenters. The third-order valence-electron chi connectivity index (χ3n) is 3.47. The molecule has 0 fully saturated rings. The molecule has 0 saturated carbocycles. The Kier molecular flexibility index (Phi) is 4.60. The van der Waals surface area contributed by atoms with Gasteiger partial charge in [-0.05, 0) is 40.3 Å². The SMILES string of the molecule is CC(C)(C)c1ccc(-c2cc(OC(F)(F)F)cc(C(=O)O)c2)cc1. The number of halogens is 3. The van der Waals surface area contributed by atoms with Gasteiger partial charge in [0.2, 0.25) is 0 Å². The lowest BCUT2D eigenvalue weighted by atomic mass is 9.86. The topological polar surface area (TPSA) is 46.5 Å². The first-order chi connectivity index (χ1) is 11.0. The average Bonchev–Trinajstić information content (AvgIpc) is 2.44. The van der Waals surface area contributed by atoms with Gasteiger partial charge in [0.1, 0.15) is 5.75 Å². The van der Waals surface area contributed by atoms with Crippen molar-refractivity contribution in [2.45, 2.75) is 32.5 Å². The molecule has 2 rings (SSSR count). The molecule has 128 valence electrons. The van der Waals surface area contributed by atoms with Crippen LogP contribution >= 0.6 is 0 Å². The van der Waals surface area contributed by atoms with Crippen molar-refractivity contribution in [1.82, 2.24) is 0 Å². The molecule has 0 spiro atoms. The molecule has 0 amide bonds. The molecule has 3 nitrogen and oxygen atoms in total. The Morgan fingerprint density at radius 1 is 0.958 bits per heavy atom. The van der Waals surface area contributed by atoms with Gasteiger partial charge in [0.15, 0.2) is 0 Å². The minimum atomic E-state index is -4.88. The number of carbonyl (C=O) groups is 1. The highest BCUT2D eigenvalue weighted by Crippen LogP contribution is 2.31. The summed E-state index contributed by atoms with van der Waals surface area (Å²) in [6.45, 7) is 6.13. The summed E-state index contributed by atoms with van der Waals surface area (Å²) < 4.78 is 41.1. The highest BCUT2D eigenvalue weighted by atomic mass is 19.4. The number of aromatic carboxylic acids is 1. The van der Waals surface area contributed by atoms with Crippen molar-refractivity contribution in [2.24, 2.45) is 0 Å². The monoisotopic (exact) mass is 338 g/mol. The number of rotatable bonds is 3. The van der Waals surface area contributed by atoms with Crippen molar-refractivity contribution < 1.29 is 27.8 Å². The van der Waals surface area contributed by atoms with E-state index in [0.717, 1.165) is 11.6 Å². The van der Waals surface area contributed by atoms with Gasteiger partial charge in [-0.3, -0.25) is 0 Å². The van der Waals surface area contributed by atoms with Crippen LogP contribution in [-0.4, -0.2) is 17.4 Å². The second kappa shape index (κ2) is 6.19. The van der Waals surface area contributed by atoms with E-state index in [1.54, 1.807) is 12.1 Å². The van der Waals surface area contributed by atoms with Crippen LogP contribution < -0.4 is 4.74 Å². The third-order valence-corrected chi connectivity index (χ3v) is 3.47. The lowest BCUT2D eigenvalue weighted by molar-refractivity contribution is -0.274. The summed E-state index contributed by atoms with van der Waals surface area (Å²) in [6.07, 6.45) is -4.88. The maximum absolute atomic E-state index is 12.4. The molecule has 0 heterocycles. The van der Waals surface area contributed by atoms with E-state index in [2.05, 4.69) is 4.74 Å². The summed E-state index contributed by atoms with van der Waals surface area (Å²) in [7, 11) is 0. The van der Waals surface area contributed by atoms with E-state index < -0.39 is 18.1 Å². The first-order valence-corrected chi connectivity index (χ1v) is 7.21. The zero-order valence-corrected chi connectivity index (χ0v) is 13.4. The standard InChI is InChI=1S/C18H17F3O3/c1-17(2,3)14-6-4-11(5-7-14)12-8-13(16(22)23)10-15(9-12)24-18(19,20)21/h4-10H,1-3H3,(H,22,23). The Bertz CT molecular complexity index is 742. The average molecular weight is 338 g/mol. The number of ether oxygens (including phenoxy) is 1. The smallest absolute Gasteiger partial charge is 0.478 e. The summed E-state index contributed by atoms with van der Waals surface area (Å²) in [5.41, 5.74) is 1.68. The van der Waals surface area contributed by atoms with Crippen LogP contribution in [0.25, 0.3) is 11.1 Å². The predicted molar refractivity (Wildman–Crippen MR) is 84.2 cm³/mol. The second-order valence-electron chi connectivity index (χ2n) is 6.43. The van der Waals surface area contributed by atoms with Crippen LogP contribution in [0, 0.1) is 0 Å². The number of hydrogen-bond donors (Lipinski definition) is 1. The van der Waals surface area contributed by atoms with Gasteiger partial charge >= 0.3 is 12.3 Å². The van der Waals surface area contributed by atoms with Crippen molar-refractivity contribution in [3.63, 3.8) is 0 Å². The molecule has 0 aliphatic heterocycles. The Morgan fingerprint density at radius 2 is 1.54 bits per heavy atom. The van der Waals surface area contributed by atoms with Gasteiger partial charge in [0, 0.05) is 0 Å². The van der Waals surface area contributed by atoms with Gasteiger partial charge in [-0.2, -0.15) is 0 Å². The molecule has 0 aliphatic carbocycles. The van der Waals surface area contributed by atoms with Gasteiger partial charge in [-0.15, -0.1) is 13.2 Å². The van der Waals surface area contributed by atoms with E-state index in [1.807, 2.05) is 32.9 Å². The Morgan fingerprint density at radius 3 is 2.00 bits per heavy atom. The van der Waals surface area contributed by atoms with Gasteiger partial charge in [-0.1, -0.05) is 45.0 Å². The molecule has 0 unspecified atom stereocenters. The quantitative estimate of drug-likeness (QED) is 0.831. The molecule has 0 radical (unpaired) electrons. The zero-order valence-electron chi connectivity index (χ0n) is 13.4. The van der Waals surface area contributed by atoms with E-state index in [9.17, 15) is 18.0 Å². The third kappa shape index (κ3) is 4.50. The van der Waals surface area contributed by atoms with Gasteiger partial charge in [-0.25, -0.2) is 4.79 Å². The van der Waals surface area contributed by atoms with E-state index in [-0.39, 0.29) is 11.0 Å². The number of carboxylic acid groups (broad SMARTS) is 1. The lowest BCUT2D eigenvalue weighted by Crippen LogP contribution is -2.17. The summed E-state index contributed by atoms with van der Waals surface area (Å²) in [6, 6.07) is 10.6. The Balaban J connectivity index is 2.47. The fraction of sp³-hybridized carbons (Fsp3) is 0.278. The van der Waals surface area contributed by atoms with Crippen molar-refractivity contribution in [3.05, 3.63) is 53.6 Å². The fourth-order valence-corrected chi connectivity index (χ4v) is 2.24. The molecule has 0 saturated heterocycles. The molecule has 0 aliphatic rings. The molecule has 24 heavy (non-hydrogen) atoms. The Hall–Kier alpha value is -2.50. The van der Waals surface area contributed by atoms with Crippen molar-refractivity contribution in [1.29, 1.82) is 0 Å². The molecular weight excluding hydrogens is 321 g/mol. The van der Waals surface area contributed by atoms with Gasteiger partial charge < -0.3 is 9.84 Å². The highest BCUT2D eigenvalue weighted by molar-refractivity contribution is 5.90. The summed E-state index contributed by atoms with van der Waals surface area (Å²) in [4.78, 5) is 11.2. The zero-order chi connectivity index (χ0) is 18.1. The summed E-state index contributed by atoms with van der Waals surface area (Å²) in [5, 5.41) is 9.09. The van der Waals surface area contributed by atoms with E-state index in [0.29, 0.717) is 11.1 Å². The van der Waals surface area contributed by atoms with E-state index >= 15 is 0 Å². The van der Waals surface area contributed by atoms with Crippen LogP contribution in [0.5, 0.6) is 5.75 Å². The second-order valence-corrected chi connectivity index (χ2v) is 6.43. The van der Waals surface area contributed by atoms with E-state index in [4.69, 9.17) is 5.11 Å². The minimum Gasteiger partial charge on any atom is -0.478 e. The molecule has 0 bridgehead atoms. The van der Waals surface area contributed by atoms with Crippen molar-refractivity contribution in [3.8, 4) is 16.9 Å². The van der Waals surface area contributed by atoms with E-state index in [1.165, 1.54) is 12.1 Å². The largest absolute Gasteiger partial charge is 0.573 e. The lowest BCUT2D eigenvalue weighted by Gasteiger charge is -2.19. The number of hydrogen-bond acceptors (Lipinski definition) is 2. The Labute approximate surface area is 137 Å². The predicted octanol–water partition coefficient (Wildman–Crippen LogP) is 5.25. The fourth-order valence-electron chi connectivity index (χ4n) is 2.24. The van der Waals surface area contributed by atoms with Crippen LogP contribution in [0.1, 0.15) is 36.7 Å². The van der Waals surface area contributed by atoms with Gasteiger partial charge in [0.05, 0.1) is 5.56 Å². The van der Waals surface area contributed by atoms with Crippen molar-refractivity contribution in [2.75, 3.05) is 0 Å². The maximum atomic E-state index is 12.4. The minimum absolute atomic E-state index is 0.0635. The molecule has 2 aromatic carbocycles. The first-order valence-electron chi connectivity index (χ1n) is 7.21. The normalized spacial score (nSPS) is 12.1. The van der Waals surface area contributed by atoms with Crippen LogP contribution in [0.3, 0.4) is 0 Å². The highest BCUT2D eigenvalue weighted by Gasteiger charge is 2.31. The molecule has 1 N–H and O–H groups in total. The molecule has 2 aromatic rings. The van der Waals surface area contributed by atoms with Gasteiger partial charge in [0.25, 0.3) is 0 Å². The van der Waals surface area contributed by atoms with Crippen LogP contribution in [-0.2, 0) is 5.41 Å². The van der Waals surface area contributed by atoms with Crippen LogP contribution in [0.15, 0.2) is 42.5 Å². The van der Waals surface area contributed by atoms with Crippen molar-refractivity contribution >= 4 is 5.97 Å². The number of carboxylic acids is 1. The summed E-state index contributed by atoms with van der Waals surface area (Å²) >= 11 is 0. The number of benzene rings is 2. The number of alkyl halides is 3. The van der Waals surface area contributed by atoms with Crippen LogP contribution in [0.4, 0.5) is 13.2 Å². The summed E-state index contributed by atoms with van der Waals surface area (Å²) in [5.74, 6) is -1.88. The first kappa shape index (κ1) is 17.8. The maximum Gasteiger partial charge on any atom is 0.573 e. The molecular formula is C18H17F3O3. The van der Waals surface area contributed by atoms with Crippen LogP contribution in [0.2, 0.25) is 0 Å². The molecule has 0 aromatic heterocycles. The molecule has 6 heteroatoms.